The van der Waals surface area contributed by atoms with Crippen molar-refractivity contribution < 1.29 is 9.15 Å². The molecule has 0 aliphatic heterocycles. The molecule has 4 aromatic rings. The molecule has 0 spiro atoms. The van der Waals surface area contributed by atoms with Crippen molar-refractivity contribution in [3.05, 3.63) is 52.9 Å². The Balaban J connectivity index is 1.50. The quantitative estimate of drug-likeness (QED) is 0.507. The predicted molar refractivity (Wildman–Crippen MR) is 108 cm³/mol. The molecule has 0 unspecified atom stereocenters. The van der Waals surface area contributed by atoms with Crippen molar-refractivity contribution in [2.24, 2.45) is 0 Å². The van der Waals surface area contributed by atoms with E-state index in [1.54, 1.807) is 10.8 Å². The Hall–Kier alpha value is -3.29. The number of ether oxygens (including phenoxy) is 1. The highest BCUT2D eigenvalue weighted by Gasteiger charge is 2.39. The Morgan fingerprint density at radius 2 is 1.83 bits per heavy atom. The van der Waals surface area contributed by atoms with Gasteiger partial charge >= 0.3 is 0 Å². The molecule has 1 saturated carbocycles. The van der Waals surface area contributed by atoms with Crippen molar-refractivity contribution in [2.75, 3.05) is 0 Å². The zero-order chi connectivity index (χ0) is 20.2. The van der Waals surface area contributed by atoms with Crippen molar-refractivity contribution in [1.82, 2.24) is 29.8 Å². The molecule has 2 bridgehead atoms. The minimum absolute atomic E-state index is 0.380. The minimum atomic E-state index is 0.380. The maximum atomic E-state index is 6.28. The Labute approximate surface area is 173 Å². The highest BCUT2D eigenvalue weighted by Crippen LogP contribution is 2.53. The Morgan fingerprint density at radius 1 is 1.03 bits per heavy atom. The molecule has 3 aliphatic rings. The SMILES string of the molecule is Cc1cccc(COc2nn3c(-c4coc(C)n4)nnc3c3c2C2CCC3CC2)n1. The third-order valence-electron chi connectivity index (χ3n) is 6.29. The number of pyridine rings is 1. The van der Waals surface area contributed by atoms with Gasteiger partial charge in [0, 0.05) is 23.7 Å². The number of hydrogen-bond donors (Lipinski definition) is 0. The molecule has 8 nitrogen and oxygen atoms in total. The number of oxazole rings is 1. The average Bonchev–Trinajstić information content (AvgIpc) is 3.38. The summed E-state index contributed by atoms with van der Waals surface area (Å²) in [5.41, 5.74) is 5.77. The second-order valence-electron chi connectivity index (χ2n) is 8.25. The first-order valence-electron chi connectivity index (χ1n) is 10.4. The van der Waals surface area contributed by atoms with Crippen LogP contribution in [0.3, 0.4) is 0 Å². The molecular formula is C22H22N6O2. The molecule has 0 atom stereocenters. The van der Waals surface area contributed by atoms with Gasteiger partial charge in [0.05, 0.1) is 5.69 Å². The van der Waals surface area contributed by atoms with E-state index in [2.05, 4.69) is 20.2 Å². The van der Waals surface area contributed by atoms with Gasteiger partial charge in [0.15, 0.2) is 11.5 Å². The Bertz CT molecular complexity index is 1250. The first kappa shape index (κ1) is 17.6. The molecule has 0 aromatic carbocycles. The minimum Gasteiger partial charge on any atom is -0.470 e. The first-order valence-corrected chi connectivity index (χ1v) is 10.4. The summed E-state index contributed by atoms with van der Waals surface area (Å²) in [6.45, 7) is 4.17. The van der Waals surface area contributed by atoms with Crippen LogP contribution in [0, 0.1) is 13.8 Å². The zero-order valence-corrected chi connectivity index (χ0v) is 17.0. The van der Waals surface area contributed by atoms with Crippen molar-refractivity contribution >= 4 is 5.65 Å². The van der Waals surface area contributed by atoms with Gasteiger partial charge in [-0.25, -0.2) is 4.98 Å². The van der Waals surface area contributed by atoms with E-state index in [0.717, 1.165) is 17.0 Å². The number of aryl methyl sites for hydroxylation is 2. The summed E-state index contributed by atoms with van der Waals surface area (Å²) in [7, 11) is 0. The first-order chi connectivity index (χ1) is 14.7. The summed E-state index contributed by atoms with van der Waals surface area (Å²) in [4.78, 5) is 8.98. The molecule has 0 radical (unpaired) electrons. The monoisotopic (exact) mass is 402 g/mol. The van der Waals surface area contributed by atoms with Crippen LogP contribution in [-0.2, 0) is 6.61 Å². The van der Waals surface area contributed by atoms with Crippen LogP contribution in [0.5, 0.6) is 5.88 Å². The molecule has 152 valence electrons. The molecule has 4 aromatic heterocycles. The van der Waals surface area contributed by atoms with E-state index in [-0.39, 0.29) is 0 Å². The van der Waals surface area contributed by atoms with Crippen LogP contribution in [0.2, 0.25) is 0 Å². The third kappa shape index (κ3) is 2.70. The molecule has 7 rings (SSSR count). The van der Waals surface area contributed by atoms with Gasteiger partial charge in [-0.15, -0.1) is 15.3 Å². The summed E-state index contributed by atoms with van der Waals surface area (Å²) in [6.07, 6.45) is 6.31. The maximum Gasteiger partial charge on any atom is 0.236 e. The summed E-state index contributed by atoms with van der Waals surface area (Å²) >= 11 is 0. The lowest BCUT2D eigenvalue weighted by atomic mass is 9.67. The van der Waals surface area contributed by atoms with Gasteiger partial charge in [-0.1, -0.05) is 6.07 Å². The smallest absolute Gasteiger partial charge is 0.236 e. The van der Waals surface area contributed by atoms with Crippen molar-refractivity contribution in [3.63, 3.8) is 0 Å². The van der Waals surface area contributed by atoms with E-state index < -0.39 is 0 Å². The molecule has 8 heteroatoms. The van der Waals surface area contributed by atoms with Gasteiger partial charge in [0.1, 0.15) is 18.6 Å². The van der Waals surface area contributed by atoms with Crippen molar-refractivity contribution in [1.29, 1.82) is 0 Å². The molecule has 3 aliphatic carbocycles. The fourth-order valence-electron chi connectivity index (χ4n) is 4.95. The number of fused-ring (bicyclic) bond motifs is 3. The summed E-state index contributed by atoms with van der Waals surface area (Å²) in [5.74, 6) is 2.77. The van der Waals surface area contributed by atoms with Gasteiger partial charge in [-0.3, -0.25) is 4.98 Å². The van der Waals surface area contributed by atoms with E-state index >= 15 is 0 Å². The van der Waals surface area contributed by atoms with E-state index in [1.807, 2.05) is 32.0 Å². The van der Waals surface area contributed by atoms with Gasteiger partial charge < -0.3 is 9.15 Å². The topological polar surface area (TPSA) is 91.2 Å². The number of hydrogen-bond acceptors (Lipinski definition) is 7. The van der Waals surface area contributed by atoms with E-state index in [4.69, 9.17) is 14.3 Å². The summed E-state index contributed by atoms with van der Waals surface area (Å²) < 4.78 is 13.4. The number of aromatic nitrogens is 6. The van der Waals surface area contributed by atoms with Crippen molar-refractivity contribution in [3.8, 4) is 17.4 Å². The van der Waals surface area contributed by atoms with Gasteiger partial charge in [-0.05, 0) is 56.6 Å². The molecule has 0 N–H and O–H groups in total. The summed E-state index contributed by atoms with van der Waals surface area (Å²) in [5, 5.41) is 13.8. The van der Waals surface area contributed by atoms with E-state index in [1.165, 1.54) is 36.8 Å². The van der Waals surface area contributed by atoms with Crippen LogP contribution in [0.4, 0.5) is 0 Å². The van der Waals surface area contributed by atoms with Crippen LogP contribution in [0.15, 0.2) is 28.9 Å². The molecule has 30 heavy (non-hydrogen) atoms. The second kappa shape index (κ2) is 6.62. The highest BCUT2D eigenvalue weighted by molar-refractivity contribution is 5.63. The van der Waals surface area contributed by atoms with Crippen LogP contribution in [0.25, 0.3) is 17.2 Å². The second-order valence-corrected chi connectivity index (χ2v) is 8.25. The molecule has 4 heterocycles. The lowest BCUT2D eigenvalue weighted by Crippen LogP contribution is -2.25. The standard InChI is InChI=1S/C22H22N6O2/c1-12-4-3-5-16(23-12)10-30-22-19-15-8-6-14(7-9-15)18(19)21-26-25-20(28(21)27-22)17-11-29-13(2)24-17/h3-5,11,14-15H,6-10H2,1-2H3. The van der Waals surface area contributed by atoms with E-state index in [0.29, 0.717) is 41.7 Å². The molecule has 0 amide bonds. The maximum absolute atomic E-state index is 6.28. The zero-order valence-electron chi connectivity index (χ0n) is 17.0. The molecule has 1 fully saturated rings. The number of rotatable bonds is 4. The third-order valence-corrected chi connectivity index (χ3v) is 6.29. The largest absolute Gasteiger partial charge is 0.470 e. The molecule has 0 saturated heterocycles. The Morgan fingerprint density at radius 3 is 2.57 bits per heavy atom. The highest BCUT2D eigenvalue weighted by atomic mass is 16.5. The van der Waals surface area contributed by atoms with Gasteiger partial charge in [0.2, 0.25) is 11.7 Å². The molecular weight excluding hydrogens is 380 g/mol. The summed E-state index contributed by atoms with van der Waals surface area (Å²) in [6, 6.07) is 5.96. The van der Waals surface area contributed by atoms with E-state index in [9.17, 15) is 0 Å². The number of nitrogens with zero attached hydrogens (tertiary/aromatic N) is 6. The Kier molecular flexibility index (Phi) is 3.87. The van der Waals surface area contributed by atoms with Crippen LogP contribution in [-0.4, -0.2) is 29.8 Å². The fraction of sp³-hybridized carbons (Fsp3) is 0.409. The van der Waals surface area contributed by atoms with Crippen molar-refractivity contribution in [2.45, 2.75) is 58.0 Å². The van der Waals surface area contributed by atoms with Gasteiger partial charge in [-0.2, -0.15) is 4.52 Å². The van der Waals surface area contributed by atoms with Crippen LogP contribution >= 0.6 is 0 Å². The van der Waals surface area contributed by atoms with Crippen LogP contribution in [0.1, 0.15) is 65.9 Å². The average molecular weight is 402 g/mol. The fourth-order valence-corrected chi connectivity index (χ4v) is 4.95. The predicted octanol–water partition coefficient (Wildman–Crippen LogP) is 4.12. The van der Waals surface area contributed by atoms with Crippen LogP contribution < -0.4 is 4.74 Å². The lowest BCUT2D eigenvalue weighted by molar-refractivity contribution is 0.265. The lowest BCUT2D eigenvalue weighted by Gasteiger charge is -2.38. The normalized spacial score (nSPS) is 19.9. The van der Waals surface area contributed by atoms with Gasteiger partial charge in [0.25, 0.3) is 0 Å².